The number of carbonyl (C=O) groups is 2. The number of piperidine rings is 1. The molecule has 1 heterocycles. The molecule has 33 heavy (non-hydrogen) atoms. The van der Waals surface area contributed by atoms with E-state index in [1.54, 1.807) is 0 Å². The Morgan fingerprint density at radius 3 is 2.24 bits per heavy atom. The maximum absolute atomic E-state index is 12.8. The van der Waals surface area contributed by atoms with Crippen molar-refractivity contribution in [2.75, 3.05) is 19.7 Å². The van der Waals surface area contributed by atoms with Crippen LogP contribution >= 0.6 is 0 Å². The number of hydrogen-bond acceptors (Lipinski definition) is 5. The fourth-order valence-electron chi connectivity index (χ4n) is 3.76. The Morgan fingerprint density at radius 2 is 1.67 bits per heavy atom. The molecule has 8 heteroatoms. The predicted molar refractivity (Wildman–Crippen MR) is 126 cm³/mol. The average molecular weight is 473 g/mol. The zero-order valence-electron chi connectivity index (χ0n) is 19.4. The van der Waals surface area contributed by atoms with Crippen molar-refractivity contribution in [2.24, 2.45) is 5.92 Å². The van der Waals surface area contributed by atoms with Crippen molar-refractivity contribution in [1.82, 2.24) is 9.62 Å². The molecule has 1 unspecified atom stereocenters. The Morgan fingerprint density at radius 1 is 1.06 bits per heavy atom. The molecule has 0 spiro atoms. The van der Waals surface area contributed by atoms with Gasteiger partial charge in [-0.15, -0.1) is 0 Å². The van der Waals surface area contributed by atoms with Gasteiger partial charge in [0.2, 0.25) is 10.0 Å². The zero-order valence-corrected chi connectivity index (χ0v) is 20.2. The second-order valence-corrected chi connectivity index (χ2v) is 10.5. The van der Waals surface area contributed by atoms with Crippen LogP contribution in [0.25, 0.3) is 0 Å². The SMILES string of the molecule is CCc1ccc(C(C)NC(=O)COC(=O)c2ccc(S(=O)(=O)N3CCC(C)CC3)cc2)cc1. The fraction of sp³-hybridized carbons (Fsp3) is 0.440. The predicted octanol–water partition coefficient (Wildman–Crippen LogP) is 3.70. The number of rotatable bonds is 8. The first-order valence-electron chi connectivity index (χ1n) is 11.4. The summed E-state index contributed by atoms with van der Waals surface area (Å²) in [4.78, 5) is 24.7. The third-order valence-electron chi connectivity index (χ3n) is 6.07. The molecule has 1 atom stereocenters. The Kier molecular flexibility index (Phi) is 8.26. The Labute approximate surface area is 196 Å². The summed E-state index contributed by atoms with van der Waals surface area (Å²) < 4.78 is 32.2. The van der Waals surface area contributed by atoms with Crippen LogP contribution in [-0.2, 0) is 26.0 Å². The highest BCUT2D eigenvalue weighted by atomic mass is 32.2. The van der Waals surface area contributed by atoms with Crippen molar-refractivity contribution in [1.29, 1.82) is 0 Å². The molecule has 1 aliphatic heterocycles. The summed E-state index contributed by atoms with van der Waals surface area (Å²) in [5.41, 5.74) is 2.37. The lowest BCUT2D eigenvalue weighted by Crippen LogP contribution is -2.37. The van der Waals surface area contributed by atoms with Crippen LogP contribution in [-0.4, -0.2) is 44.3 Å². The normalized spacial score (nSPS) is 16.2. The van der Waals surface area contributed by atoms with E-state index in [0.717, 1.165) is 24.8 Å². The van der Waals surface area contributed by atoms with E-state index in [-0.39, 0.29) is 16.5 Å². The summed E-state index contributed by atoms with van der Waals surface area (Å²) in [7, 11) is -3.58. The number of nitrogens with one attached hydrogen (secondary N) is 1. The van der Waals surface area contributed by atoms with Gasteiger partial charge in [-0.05, 0) is 67.5 Å². The van der Waals surface area contributed by atoms with Crippen LogP contribution in [0.3, 0.4) is 0 Å². The molecule has 0 saturated carbocycles. The highest BCUT2D eigenvalue weighted by molar-refractivity contribution is 7.89. The third kappa shape index (κ3) is 6.42. The minimum Gasteiger partial charge on any atom is -0.452 e. The van der Waals surface area contributed by atoms with Crippen LogP contribution < -0.4 is 5.32 Å². The van der Waals surface area contributed by atoms with Crippen molar-refractivity contribution in [3.05, 3.63) is 65.2 Å². The molecule has 1 amide bonds. The van der Waals surface area contributed by atoms with Crippen LogP contribution in [0.15, 0.2) is 53.4 Å². The number of nitrogens with zero attached hydrogens (tertiary/aromatic N) is 1. The van der Waals surface area contributed by atoms with E-state index in [2.05, 4.69) is 19.2 Å². The standard InChI is InChI=1S/C25H32N2O5S/c1-4-20-5-7-21(8-6-20)19(3)26-24(28)17-32-25(29)22-9-11-23(12-10-22)33(30,31)27-15-13-18(2)14-16-27/h5-12,18-19H,4,13-17H2,1-3H3,(H,26,28). The topological polar surface area (TPSA) is 92.8 Å². The first-order valence-corrected chi connectivity index (χ1v) is 12.8. The van der Waals surface area contributed by atoms with Gasteiger partial charge in [-0.2, -0.15) is 4.31 Å². The van der Waals surface area contributed by atoms with E-state index >= 15 is 0 Å². The Bertz CT molecular complexity index is 1060. The van der Waals surface area contributed by atoms with Crippen molar-refractivity contribution in [3.8, 4) is 0 Å². The number of ether oxygens (including phenoxy) is 1. The molecule has 178 valence electrons. The molecule has 1 N–H and O–H groups in total. The van der Waals surface area contributed by atoms with Crippen LogP contribution in [0.5, 0.6) is 0 Å². The lowest BCUT2D eigenvalue weighted by Gasteiger charge is -2.29. The quantitative estimate of drug-likeness (QED) is 0.592. The first kappa shape index (κ1) is 24.9. The second-order valence-electron chi connectivity index (χ2n) is 8.57. The number of esters is 1. The smallest absolute Gasteiger partial charge is 0.338 e. The molecule has 0 aromatic heterocycles. The minimum atomic E-state index is -3.58. The average Bonchev–Trinajstić information content (AvgIpc) is 2.83. The van der Waals surface area contributed by atoms with Crippen molar-refractivity contribution >= 4 is 21.9 Å². The molecule has 2 aromatic carbocycles. The van der Waals surface area contributed by atoms with E-state index in [9.17, 15) is 18.0 Å². The summed E-state index contributed by atoms with van der Waals surface area (Å²) in [5, 5.41) is 2.81. The first-order chi connectivity index (χ1) is 15.7. The van der Waals surface area contributed by atoms with Crippen molar-refractivity contribution in [3.63, 3.8) is 0 Å². The van der Waals surface area contributed by atoms with Gasteiger partial charge in [-0.3, -0.25) is 4.79 Å². The number of hydrogen-bond donors (Lipinski definition) is 1. The molecule has 0 bridgehead atoms. The molecule has 1 fully saturated rings. The Balaban J connectivity index is 1.52. The van der Waals surface area contributed by atoms with Gasteiger partial charge in [-0.1, -0.05) is 38.1 Å². The van der Waals surface area contributed by atoms with E-state index in [0.29, 0.717) is 19.0 Å². The van der Waals surface area contributed by atoms with Crippen LogP contribution in [0, 0.1) is 5.92 Å². The van der Waals surface area contributed by atoms with Gasteiger partial charge in [0.25, 0.3) is 5.91 Å². The monoisotopic (exact) mass is 472 g/mol. The summed E-state index contributed by atoms with van der Waals surface area (Å²) in [6.07, 6.45) is 2.63. The number of aryl methyl sites for hydroxylation is 1. The van der Waals surface area contributed by atoms with Crippen LogP contribution in [0.2, 0.25) is 0 Å². The van der Waals surface area contributed by atoms with Gasteiger partial charge in [-0.25, -0.2) is 13.2 Å². The van der Waals surface area contributed by atoms with Crippen molar-refractivity contribution in [2.45, 2.75) is 51.0 Å². The molecular weight excluding hydrogens is 440 g/mol. The maximum atomic E-state index is 12.8. The molecule has 1 aliphatic rings. The molecule has 3 rings (SSSR count). The maximum Gasteiger partial charge on any atom is 0.338 e. The summed E-state index contributed by atoms with van der Waals surface area (Å²) in [5.74, 6) is -0.565. The number of benzene rings is 2. The number of amides is 1. The molecule has 2 aromatic rings. The highest BCUT2D eigenvalue weighted by Gasteiger charge is 2.28. The van der Waals surface area contributed by atoms with E-state index in [4.69, 9.17) is 4.74 Å². The highest BCUT2D eigenvalue weighted by Crippen LogP contribution is 2.23. The lowest BCUT2D eigenvalue weighted by molar-refractivity contribution is -0.124. The zero-order chi connectivity index (χ0) is 24.0. The molecule has 7 nitrogen and oxygen atoms in total. The molecule has 1 saturated heterocycles. The van der Waals surface area contributed by atoms with E-state index < -0.39 is 28.5 Å². The number of sulfonamides is 1. The summed E-state index contributed by atoms with van der Waals surface area (Å²) >= 11 is 0. The molecular formula is C25H32N2O5S. The molecule has 0 radical (unpaired) electrons. The van der Waals surface area contributed by atoms with Gasteiger partial charge in [0.15, 0.2) is 6.61 Å². The van der Waals surface area contributed by atoms with E-state index in [1.807, 2.05) is 31.2 Å². The van der Waals surface area contributed by atoms with Crippen LogP contribution in [0.4, 0.5) is 0 Å². The van der Waals surface area contributed by atoms with E-state index in [1.165, 1.54) is 34.1 Å². The number of carbonyl (C=O) groups excluding carboxylic acids is 2. The van der Waals surface area contributed by atoms with Gasteiger partial charge < -0.3 is 10.1 Å². The van der Waals surface area contributed by atoms with Gasteiger partial charge in [0.1, 0.15) is 0 Å². The van der Waals surface area contributed by atoms with Gasteiger partial charge in [0.05, 0.1) is 16.5 Å². The van der Waals surface area contributed by atoms with Crippen molar-refractivity contribution < 1.29 is 22.7 Å². The van der Waals surface area contributed by atoms with Crippen LogP contribution in [0.1, 0.15) is 61.1 Å². The largest absolute Gasteiger partial charge is 0.452 e. The summed E-state index contributed by atoms with van der Waals surface area (Å²) in [6.45, 7) is 6.66. The third-order valence-corrected chi connectivity index (χ3v) is 7.98. The molecule has 0 aliphatic carbocycles. The lowest BCUT2D eigenvalue weighted by atomic mass is 10.0. The van der Waals surface area contributed by atoms with Gasteiger partial charge >= 0.3 is 5.97 Å². The fourth-order valence-corrected chi connectivity index (χ4v) is 5.23. The Hall–Kier alpha value is -2.71. The summed E-state index contributed by atoms with van der Waals surface area (Å²) in [6, 6.07) is 13.4. The minimum absolute atomic E-state index is 0.147. The van der Waals surface area contributed by atoms with Gasteiger partial charge in [0, 0.05) is 13.1 Å². The second kappa shape index (κ2) is 10.9.